The lowest BCUT2D eigenvalue weighted by Crippen LogP contribution is -2.52. The van der Waals surface area contributed by atoms with Gasteiger partial charge in [-0.1, -0.05) is 13.8 Å². The Bertz CT molecular complexity index is 291. The minimum atomic E-state index is 0.498. The Morgan fingerprint density at radius 1 is 1.15 bits per heavy atom. The summed E-state index contributed by atoms with van der Waals surface area (Å²) in [4.78, 5) is 11.7. The molecule has 1 fully saturated rings. The minimum Gasteiger partial charge on any atom is -0.370 e. The third kappa shape index (κ3) is 4.94. The summed E-state index contributed by atoms with van der Waals surface area (Å²) in [5.41, 5.74) is 6.09. The minimum absolute atomic E-state index is 0.498. The molecule has 20 heavy (non-hydrogen) atoms. The number of aliphatic imine (C=N–C) groups is 1. The fraction of sp³-hybridized carbons (Fsp3) is 0.933. The first-order valence-electron chi connectivity index (χ1n) is 7.97. The van der Waals surface area contributed by atoms with Crippen LogP contribution in [0.1, 0.15) is 27.7 Å². The molecule has 0 aliphatic carbocycles. The molecule has 1 rings (SSSR count). The predicted octanol–water partition coefficient (Wildman–Crippen LogP) is 0.915. The van der Waals surface area contributed by atoms with Gasteiger partial charge in [0, 0.05) is 45.3 Å². The third-order valence-electron chi connectivity index (χ3n) is 4.30. The Hall–Kier alpha value is -0.810. The zero-order valence-electron chi connectivity index (χ0n) is 14.0. The molecular formula is C15H33N5. The van der Waals surface area contributed by atoms with Gasteiger partial charge in [-0.25, -0.2) is 0 Å². The van der Waals surface area contributed by atoms with Crippen molar-refractivity contribution in [2.24, 2.45) is 16.6 Å². The van der Waals surface area contributed by atoms with E-state index in [0.717, 1.165) is 45.8 Å². The van der Waals surface area contributed by atoms with Gasteiger partial charge in [-0.2, -0.15) is 0 Å². The molecule has 1 saturated heterocycles. The van der Waals surface area contributed by atoms with Crippen LogP contribution < -0.4 is 5.73 Å². The van der Waals surface area contributed by atoms with Crippen molar-refractivity contribution in [3.05, 3.63) is 0 Å². The van der Waals surface area contributed by atoms with Crippen LogP contribution in [0.2, 0.25) is 0 Å². The Balaban J connectivity index is 2.61. The molecule has 1 unspecified atom stereocenters. The average molecular weight is 283 g/mol. The van der Waals surface area contributed by atoms with Crippen LogP contribution >= 0.6 is 0 Å². The predicted molar refractivity (Wildman–Crippen MR) is 87.1 cm³/mol. The van der Waals surface area contributed by atoms with Crippen LogP contribution in [-0.2, 0) is 0 Å². The summed E-state index contributed by atoms with van der Waals surface area (Å²) in [6.45, 7) is 16.0. The maximum Gasteiger partial charge on any atom is 0.191 e. The topological polar surface area (TPSA) is 48.1 Å². The van der Waals surface area contributed by atoms with Gasteiger partial charge >= 0.3 is 0 Å². The second-order valence-corrected chi connectivity index (χ2v) is 6.02. The number of piperazine rings is 1. The highest BCUT2D eigenvalue weighted by molar-refractivity contribution is 5.78. The van der Waals surface area contributed by atoms with Crippen LogP contribution in [0.25, 0.3) is 0 Å². The fourth-order valence-corrected chi connectivity index (χ4v) is 2.74. The first-order chi connectivity index (χ1) is 9.49. The summed E-state index contributed by atoms with van der Waals surface area (Å²) >= 11 is 0. The highest BCUT2D eigenvalue weighted by atomic mass is 15.3. The van der Waals surface area contributed by atoms with E-state index in [1.165, 1.54) is 0 Å². The van der Waals surface area contributed by atoms with E-state index in [2.05, 4.69) is 54.4 Å². The van der Waals surface area contributed by atoms with Gasteiger partial charge in [-0.05, 0) is 26.8 Å². The molecule has 0 aromatic carbocycles. The summed E-state index contributed by atoms with van der Waals surface area (Å²) < 4.78 is 0. The standard InChI is InChI=1S/C15H33N5/c1-6-19(7-2)15(16)17-12-14(13(3)4)20-10-8-18(5)9-11-20/h13-14H,6-12H2,1-5H3,(H2,16,17). The van der Waals surface area contributed by atoms with Crippen molar-refractivity contribution in [3.8, 4) is 0 Å². The third-order valence-corrected chi connectivity index (χ3v) is 4.30. The Labute approximate surface area is 124 Å². The van der Waals surface area contributed by atoms with Gasteiger partial charge in [-0.3, -0.25) is 9.89 Å². The SMILES string of the molecule is CCN(CC)C(N)=NCC(C(C)C)N1CCN(C)CC1. The average Bonchev–Trinajstić information content (AvgIpc) is 2.42. The van der Waals surface area contributed by atoms with Crippen molar-refractivity contribution in [2.75, 3.05) is 52.9 Å². The molecule has 0 aromatic heterocycles. The molecule has 0 amide bonds. The summed E-state index contributed by atoms with van der Waals surface area (Å²) in [7, 11) is 2.19. The molecule has 2 N–H and O–H groups in total. The molecule has 1 atom stereocenters. The molecule has 5 nitrogen and oxygen atoms in total. The van der Waals surface area contributed by atoms with Crippen molar-refractivity contribution in [1.29, 1.82) is 0 Å². The molecule has 0 spiro atoms. The number of guanidine groups is 1. The van der Waals surface area contributed by atoms with E-state index in [-0.39, 0.29) is 0 Å². The number of nitrogens with zero attached hydrogens (tertiary/aromatic N) is 4. The van der Waals surface area contributed by atoms with Crippen LogP contribution in [0.5, 0.6) is 0 Å². The smallest absolute Gasteiger partial charge is 0.191 e. The van der Waals surface area contributed by atoms with E-state index in [4.69, 9.17) is 5.73 Å². The summed E-state index contributed by atoms with van der Waals surface area (Å²) in [5.74, 6) is 1.29. The molecule has 0 bridgehead atoms. The van der Waals surface area contributed by atoms with Crippen LogP contribution in [0.15, 0.2) is 4.99 Å². The molecule has 1 heterocycles. The van der Waals surface area contributed by atoms with Crippen molar-refractivity contribution in [2.45, 2.75) is 33.7 Å². The van der Waals surface area contributed by atoms with Crippen LogP contribution in [0, 0.1) is 5.92 Å². The van der Waals surface area contributed by atoms with Gasteiger partial charge in [0.2, 0.25) is 0 Å². The largest absolute Gasteiger partial charge is 0.370 e. The van der Waals surface area contributed by atoms with Crippen molar-refractivity contribution in [3.63, 3.8) is 0 Å². The summed E-state index contributed by atoms with van der Waals surface area (Å²) in [5, 5.41) is 0. The van der Waals surface area contributed by atoms with Gasteiger partial charge in [-0.15, -0.1) is 0 Å². The molecule has 1 aliphatic heterocycles. The second kappa shape index (κ2) is 8.47. The Morgan fingerprint density at radius 3 is 2.15 bits per heavy atom. The number of rotatable bonds is 6. The second-order valence-electron chi connectivity index (χ2n) is 6.02. The van der Waals surface area contributed by atoms with Crippen LogP contribution in [-0.4, -0.2) is 79.6 Å². The molecule has 1 aliphatic rings. The van der Waals surface area contributed by atoms with Crippen molar-refractivity contribution < 1.29 is 0 Å². The van der Waals surface area contributed by atoms with Crippen molar-refractivity contribution >= 4 is 5.96 Å². The van der Waals surface area contributed by atoms with Gasteiger partial charge in [0.05, 0.1) is 6.54 Å². The normalized spacial score (nSPS) is 20.4. The number of hydrogen-bond acceptors (Lipinski definition) is 3. The van der Waals surface area contributed by atoms with E-state index in [0.29, 0.717) is 17.9 Å². The Kier molecular flexibility index (Phi) is 7.30. The van der Waals surface area contributed by atoms with E-state index in [9.17, 15) is 0 Å². The van der Waals surface area contributed by atoms with E-state index < -0.39 is 0 Å². The molecule has 0 radical (unpaired) electrons. The van der Waals surface area contributed by atoms with Gasteiger partial charge in [0.15, 0.2) is 5.96 Å². The fourth-order valence-electron chi connectivity index (χ4n) is 2.74. The van der Waals surface area contributed by atoms with Crippen LogP contribution in [0.3, 0.4) is 0 Å². The molecule has 0 aromatic rings. The zero-order valence-corrected chi connectivity index (χ0v) is 14.0. The molecule has 0 saturated carbocycles. The Morgan fingerprint density at radius 2 is 1.70 bits per heavy atom. The van der Waals surface area contributed by atoms with Crippen molar-refractivity contribution in [1.82, 2.24) is 14.7 Å². The molecule has 5 heteroatoms. The summed E-state index contributed by atoms with van der Waals surface area (Å²) in [6, 6.07) is 0.498. The lowest BCUT2D eigenvalue weighted by Gasteiger charge is -2.39. The first-order valence-corrected chi connectivity index (χ1v) is 7.97. The lowest BCUT2D eigenvalue weighted by atomic mass is 10.0. The monoisotopic (exact) mass is 283 g/mol. The number of hydrogen-bond donors (Lipinski definition) is 1. The van der Waals surface area contributed by atoms with E-state index in [1.54, 1.807) is 0 Å². The lowest BCUT2D eigenvalue weighted by molar-refractivity contribution is 0.0924. The number of nitrogens with two attached hydrogens (primary N) is 1. The quantitative estimate of drug-likeness (QED) is 0.581. The molecular weight excluding hydrogens is 250 g/mol. The highest BCUT2D eigenvalue weighted by Crippen LogP contribution is 2.14. The highest BCUT2D eigenvalue weighted by Gasteiger charge is 2.24. The van der Waals surface area contributed by atoms with Crippen LogP contribution in [0.4, 0.5) is 0 Å². The van der Waals surface area contributed by atoms with E-state index >= 15 is 0 Å². The molecule has 118 valence electrons. The maximum absolute atomic E-state index is 6.09. The summed E-state index contributed by atoms with van der Waals surface area (Å²) in [6.07, 6.45) is 0. The van der Waals surface area contributed by atoms with E-state index in [1.807, 2.05) is 0 Å². The first kappa shape index (κ1) is 17.2. The van der Waals surface area contributed by atoms with Gasteiger partial charge in [0.25, 0.3) is 0 Å². The van der Waals surface area contributed by atoms with Gasteiger partial charge in [0.1, 0.15) is 0 Å². The van der Waals surface area contributed by atoms with Gasteiger partial charge < -0.3 is 15.5 Å². The number of likely N-dealkylation sites (N-methyl/N-ethyl adjacent to an activating group) is 1. The maximum atomic E-state index is 6.09. The zero-order chi connectivity index (χ0) is 15.1.